The van der Waals surface area contributed by atoms with Gasteiger partial charge in [0.05, 0.1) is 4.47 Å². The van der Waals surface area contributed by atoms with E-state index in [4.69, 9.17) is 4.74 Å². The summed E-state index contributed by atoms with van der Waals surface area (Å²) in [6.45, 7) is 3.02. The first-order valence-electron chi connectivity index (χ1n) is 4.74. The third-order valence-corrected chi connectivity index (χ3v) is 2.51. The van der Waals surface area contributed by atoms with Gasteiger partial charge in [0.25, 0.3) is 0 Å². The normalized spacial score (nSPS) is 9.27. The molecule has 0 bridgehead atoms. The minimum absolute atomic E-state index is 0.426. The van der Waals surface area contributed by atoms with Crippen molar-refractivity contribution in [1.82, 2.24) is 5.32 Å². The minimum atomic E-state index is 0.426. The number of rotatable bonds is 4. The molecule has 80 valence electrons. The van der Waals surface area contributed by atoms with Crippen molar-refractivity contribution < 1.29 is 4.74 Å². The molecule has 0 heterocycles. The third kappa shape index (κ3) is 3.58. The van der Waals surface area contributed by atoms with Gasteiger partial charge in [-0.05, 0) is 36.0 Å². The van der Waals surface area contributed by atoms with Gasteiger partial charge in [0.1, 0.15) is 12.4 Å². The highest BCUT2D eigenvalue weighted by atomic mass is 79.9. The highest BCUT2D eigenvalue weighted by Crippen LogP contribution is 2.28. The Morgan fingerprint density at radius 1 is 1.47 bits per heavy atom. The maximum absolute atomic E-state index is 5.60. The molecule has 0 atom stereocenters. The molecule has 0 unspecified atom stereocenters. The SMILES string of the molecule is CC#CCOc1c(Br)cccc1CNC. The monoisotopic (exact) mass is 267 g/mol. The average molecular weight is 268 g/mol. The Morgan fingerprint density at radius 2 is 2.27 bits per heavy atom. The van der Waals surface area contributed by atoms with Crippen molar-refractivity contribution in [2.45, 2.75) is 13.5 Å². The van der Waals surface area contributed by atoms with Crippen LogP contribution in [-0.4, -0.2) is 13.7 Å². The Labute approximate surface area is 99.2 Å². The van der Waals surface area contributed by atoms with Crippen molar-refractivity contribution in [3.05, 3.63) is 28.2 Å². The molecule has 1 aromatic carbocycles. The van der Waals surface area contributed by atoms with Crippen LogP contribution in [0.5, 0.6) is 5.75 Å². The molecule has 1 rings (SSSR count). The number of hydrogen-bond donors (Lipinski definition) is 1. The molecule has 0 saturated heterocycles. The Balaban J connectivity index is 2.84. The Morgan fingerprint density at radius 3 is 2.93 bits per heavy atom. The van der Waals surface area contributed by atoms with Gasteiger partial charge in [-0.1, -0.05) is 18.1 Å². The van der Waals surface area contributed by atoms with Crippen LogP contribution >= 0.6 is 15.9 Å². The molecule has 0 aromatic heterocycles. The van der Waals surface area contributed by atoms with E-state index in [1.54, 1.807) is 6.92 Å². The lowest BCUT2D eigenvalue weighted by molar-refractivity contribution is 0.362. The summed E-state index contributed by atoms with van der Waals surface area (Å²) in [5.41, 5.74) is 1.13. The largest absolute Gasteiger partial charge is 0.479 e. The lowest BCUT2D eigenvalue weighted by Gasteiger charge is -2.10. The molecular weight excluding hydrogens is 254 g/mol. The molecule has 15 heavy (non-hydrogen) atoms. The molecular formula is C12H14BrNO. The van der Waals surface area contributed by atoms with E-state index in [1.165, 1.54) is 0 Å². The van der Waals surface area contributed by atoms with Gasteiger partial charge >= 0.3 is 0 Å². The number of ether oxygens (including phenoxy) is 1. The number of hydrogen-bond acceptors (Lipinski definition) is 2. The first kappa shape index (κ1) is 12.1. The summed E-state index contributed by atoms with van der Waals surface area (Å²) in [5.74, 6) is 6.55. The fraction of sp³-hybridized carbons (Fsp3) is 0.333. The van der Waals surface area contributed by atoms with E-state index in [2.05, 4.69) is 33.1 Å². The summed E-state index contributed by atoms with van der Waals surface area (Å²) in [7, 11) is 1.91. The van der Waals surface area contributed by atoms with Gasteiger partial charge in [-0.3, -0.25) is 0 Å². The van der Waals surface area contributed by atoms with Crippen LogP contribution in [0.25, 0.3) is 0 Å². The van der Waals surface area contributed by atoms with Crippen LogP contribution in [0.4, 0.5) is 0 Å². The standard InChI is InChI=1S/C12H14BrNO/c1-3-4-8-15-12-10(9-14-2)6-5-7-11(12)13/h5-7,14H,8-9H2,1-2H3. The number of benzene rings is 1. The minimum Gasteiger partial charge on any atom is -0.479 e. The van der Waals surface area contributed by atoms with Gasteiger partial charge < -0.3 is 10.1 Å². The number of halogens is 1. The quantitative estimate of drug-likeness (QED) is 0.847. The molecule has 0 amide bonds. The predicted octanol–water partition coefficient (Wildman–Crippen LogP) is 2.57. The van der Waals surface area contributed by atoms with Crippen molar-refractivity contribution in [1.29, 1.82) is 0 Å². The molecule has 0 spiro atoms. The van der Waals surface area contributed by atoms with Crippen LogP contribution < -0.4 is 10.1 Å². The van der Waals surface area contributed by atoms with Gasteiger partial charge in [-0.2, -0.15) is 0 Å². The summed E-state index contributed by atoms with van der Waals surface area (Å²) < 4.78 is 6.57. The molecule has 0 saturated carbocycles. The Kier molecular flexibility index (Phi) is 5.23. The molecule has 1 N–H and O–H groups in total. The lowest BCUT2D eigenvalue weighted by atomic mass is 10.2. The van der Waals surface area contributed by atoms with E-state index < -0.39 is 0 Å². The van der Waals surface area contributed by atoms with Crippen LogP contribution in [0.3, 0.4) is 0 Å². The summed E-state index contributed by atoms with van der Waals surface area (Å²) in [6, 6.07) is 6.00. The molecule has 0 aliphatic heterocycles. The van der Waals surface area contributed by atoms with Gasteiger partial charge in [-0.25, -0.2) is 0 Å². The zero-order valence-corrected chi connectivity index (χ0v) is 10.5. The highest BCUT2D eigenvalue weighted by molar-refractivity contribution is 9.10. The lowest BCUT2D eigenvalue weighted by Crippen LogP contribution is -2.08. The zero-order chi connectivity index (χ0) is 11.1. The van der Waals surface area contributed by atoms with E-state index in [9.17, 15) is 0 Å². The van der Waals surface area contributed by atoms with E-state index >= 15 is 0 Å². The van der Waals surface area contributed by atoms with Crippen LogP contribution in [0.1, 0.15) is 12.5 Å². The zero-order valence-electron chi connectivity index (χ0n) is 8.93. The van der Waals surface area contributed by atoms with Crippen LogP contribution in [0, 0.1) is 11.8 Å². The van der Waals surface area contributed by atoms with Gasteiger partial charge in [0.15, 0.2) is 0 Å². The Hall–Kier alpha value is -0.980. The third-order valence-electron chi connectivity index (χ3n) is 1.88. The molecule has 2 nitrogen and oxygen atoms in total. The average Bonchev–Trinajstić information content (AvgIpc) is 2.23. The van der Waals surface area contributed by atoms with Crippen molar-refractivity contribution in [3.8, 4) is 17.6 Å². The van der Waals surface area contributed by atoms with Crippen LogP contribution in [0.15, 0.2) is 22.7 Å². The molecule has 0 aliphatic rings. The topological polar surface area (TPSA) is 21.3 Å². The first-order valence-corrected chi connectivity index (χ1v) is 5.53. The van der Waals surface area contributed by atoms with E-state index in [0.717, 1.165) is 22.3 Å². The Bertz CT molecular complexity index is 379. The molecule has 3 heteroatoms. The second-order valence-corrected chi connectivity index (χ2v) is 3.83. The highest BCUT2D eigenvalue weighted by Gasteiger charge is 2.06. The molecule has 1 aromatic rings. The summed E-state index contributed by atoms with van der Waals surface area (Å²) in [5, 5.41) is 3.11. The predicted molar refractivity (Wildman–Crippen MR) is 65.9 cm³/mol. The second kappa shape index (κ2) is 6.49. The van der Waals surface area contributed by atoms with E-state index in [0.29, 0.717) is 6.61 Å². The summed E-state index contributed by atoms with van der Waals surface area (Å²) in [4.78, 5) is 0. The maximum atomic E-state index is 5.60. The van der Waals surface area contributed by atoms with Crippen LogP contribution in [-0.2, 0) is 6.54 Å². The van der Waals surface area contributed by atoms with E-state index in [-0.39, 0.29) is 0 Å². The first-order chi connectivity index (χ1) is 7.29. The summed E-state index contributed by atoms with van der Waals surface area (Å²) >= 11 is 3.47. The maximum Gasteiger partial charge on any atom is 0.149 e. The number of para-hydroxylation sites is 1. The van der Waals surface area contributed by atoms with Gasteiger partial charge in [-0.15, -0.1) is 5.92 Å². The molecule has 0 radical (unpaired) electrons. The smallest absolute Gasteiger partial charge is 0.149 e. The van der Waals surface area contributed by atoms with Crippen molar-refractivity contribution in [2.24, 2.45) is 0 Å². The molecule has 0 fully saturated rings. The van der Waals surface area contributed by atoms with E-state index in [1.807, 2.05) is 25.2 Å². The van der Waals surface area contributed by atoms with Crippen LogP contribution in [0.2, 0.25) is 0 Å². The van der Waals surface area contributed by atoms with Crippen molar-refractivity contribution in [3.63, 3.8) is 0 Å². The summed E-state index contributed by atoms with van der Waals surface area (Å²) in [6.07, 6.45) is 0. The van der Waals surface area contributed by atoms with Gasteiger partial charge in [0, 0.05) is 12.1 Å². The fourth-order valence-electron chi connectivity index (χ4n) is 1.23. The second-order valence-electron chi connectivity index (χ2n) is 2.97. The fourth-order valence-corrected chi connectivity index (χ4v) is 1.75. The van der Waals surface area contributed by atoms with Gasteiger partial charge in [0.2, 0.25) is 0 Å². The number of nitrogens with one attached hydrogen (secondary N) is 1. The molecule has 0 aliphatic carbocycles. The van der Waals surface area contributed by atoms with Crippen molar-refractivity contribution in [2.75, 3.05) is 13.7 Å². The van der Waals surface area contributed by atoms with Crippen molar-refractivity contribution >= 4 is 15.9 Å².